The highest BCUT2D eigenvalue weighted by Gasteiger charge is 2.10. The van der Waals surface area contributed by atoms with E-state index in [4.69, 9.17) is 32.4 Å². The summed E-state index contributed by atoms with van der Waals surface area (Å²) in [6, 6.07) is 9.43. The van der Waals surface area contributed by atoms with Gasteiger partial charge in [-0.05, 0) is 37.3 Å². The minimum Gasteiger partial charge on any atom is -0.407 e. The number of unbranched alkanes of at least 4 members (excludes halogenated alkanes) is 1. The van der Waals surface area contributed by atoms with Crippen molar-refractivity contribution in [3.63, 3.8) is 0 Å². The van der Waals surface area contributed by atoms with Crippen molar-refractivity contribution in [1.29, 1.82) is 16.2 Å². The molecule has 1 aromatic carbocycles. The number of amidine groups is 1. The zero-order valence-electron chi connectivity index (χ0n) is 20.1. The second kappa shape index (κ2) is 15.3. The number of hydrogen-bond acceptors (Lipinski definition) is 8. The number of carbonyl (C=O) groups is 1. The Balaban J connectivity index is 0.00000142. The van der Waals surface area contributed by atoms with E-state index in [1.165, 1.54) is 31.3 Å². The predicted molar refractivity (Wildman–Crippen MR) is 143 cm³/mol. The Labute approximate surface area is 205 Å². The van der Waals surface area contributed by atoms with Crippen LogP contribution in [-0.4, -0.2) is 35.2 Å². The standard InChI is InChI=1S/C21H22N8O2.C4H10/c1-2-13(9-22)20(30)28-16-5-3-4-14(8-16)19(25)31-21(26)29-17-6-7-18(27-12-17)15(10-23)11-24;1-3-4-2/h2-12,22-23,25H,24H2,1H3,(H2,26,29)(H,28,30);3-4H2,1-2H3/b13-2+,15-11+,22-9?,23-10?,25-19?;. The molecule has 0 saturated carbocycles. The number of aliphatic imine (C=N–C) groups is 1. The first-order valence-electron chi connectivity index (χ1n) is 10.9. The zero-order valence-corrected chi connectivity index (χ0v) is 20.1. The molecule has 0 aliphatic carbocycles. The fourth-order valence-electron chi connectivity index (χ4n) is 2.37. The molecule has 0 aliphatic heterocycles. The normalized spacial score (nSPS) is 11.6. The number of anilines is 1. The number of nitrogens with zero attached hydrogens (tertiary/aromatic N) is 2. The van der Waals surface area contributed by atoms with Crippen molar-refractivity contribution in [2.75, 3.05) is 5.32 Å². The van der Waals surface area contributed by atoms with Crippen LogP contribution in [0.3, 0.4) is 0 Å². The van der Waals surface area contributed by atoms with Crippen molar-refractivity contribution in [1.82, 2.24) is 4.98 Å². The number of ether oxygens (including phenoxy) is 1. The molecule has 2 aromatic rings. The van der Waals surface area contributed by atoms with Crippen molar-refractivity contribution >= 4 is 47.2 Å². The molecule has 0 radical (unpaired) electrons. The van der Waals surface area contributed by atoms with Crippen LogP contribution in [0.2, 0.25) is 0 Å². The number of aromatic nitrogens is 1. The molecule has 0 atom stereocenters. The average Bonchev–Trinajstić information content (AvgIpc) is 2.86. The predicted octanol–water partition coefficient (Wildman–Crippen LogP) is 4.36. The summed E-state index contributed by atoms with van der Waals surface area (Å²) >= 11 is 0. The third-order valence-corrected chi connectivity index (χ3v) is 4.44. The maximum Gasteiger partial charge on any atom is 0.294 e. The lowest BCUT2D eigenvalue weighted by atomic mass is 10.2. The van der Waals surface area contributed by atoms with Crippen LogP contribution in [0.5, 0.6) is 0 Å². The first-order valence-corrected chi connectivity index (χ1v) is 10.9. The first kappa shape index (κ1) is 28.4. The highest BCUT2D eigenvalue weighted by Crippen LogP contribution is 2.16. The minimum atomic E-state index is -0.435. The van der Waals surface area contributed by atoms with Gasteiger partial charge in [-0.25, -0.2) is 0 Å². The zero-order chi connectivity index (χ0) is 26.2. The number of carbonyl (C=O) groups excluding carboxylic acids is 1. The van der Waals surface area contributed by atoms with Gasteiger partial charge >= 0.3 is 0 Å². The lowest BCUT2D eigenvalue weighted by Gasteiger charge is -2.09. The van der Waals surface area contributed by atoms with Gasteiger partial charge in [0.05, 0.1) is 23.2 Å². The summed E-state index contributed by atoms with van der Waals surface area (Å²) in [5.41, 5.74) is 13.6. The van der Waals surface area contributed by atoms with Crippen LogP contribution in [0.25, 0.3) is 5.57 Å². The molecule has 0 spiro atoms. The molecule has 0 unspecified atom stereocenters. The third-order valence-electron chi connectivity index (χ3n) is 4.44. The van der Waals surface area contributed by atoms with Gasteiger partial charge in [-0.2, -0.15) is 4.99 Å². The summed E-state index contributed by atoms with van der Waals surface area (Å²) < 4.78 is 5.27. The van der Waals surface area contributed by atoms with E-state index in [2.05, 4.69) is 29.1 Å². The van der Waals surface area contributed by atoms with Gasteiger partial charge in [0.2, 0.25) is 5.90 Å². The monoisotopic (exact) mass is 476 g/mol. The Morgan fingerprint density at radius 2 is 1.89 bits per heavy atom. The van der Waals surface area contributed by atoms with Crippen LogP contribution < -0.4 is 16.8 Å². The topological polar surface area (TPSA) is 187 Å². The van der Waals surface area contributed by atoms with Gasteiger partial charge < -0.3 is 32.3 Å². The van der Waals surface area contributed by atoms with Gasteiger partial charge in [-0.15, -0.1) is 0 Å². The van der Waals surface area contributed by atoms with E-state index in [9.17, 15) is 4.79 Å². The molecule has 0 bridgehead atoms. The molecule has 2 rings (SSSR count). The quantitative estimate of drug-likeness (QED) is 0.187. The maximum atomic E-state index is 12.1. The molecular formula is C25H32N8O2. The number of benzene rings is 1. The van der Waals surface area contributed by atoms with Gasteiger partial charge in [0.25, 0.3) is 11.9 Å². The molecule has 1 heterocycles. The first-order chi connectivity index (χ1) is 16.8. The van der Waals surface area contributed by atoms with Crippen LogP contribution >= 0.6 is 0 Å². The number of nitrogens with two attached hydrogens (primary N) is 2. The largest absolute Gasteiger partial charge is 0.407 e. The van der Waals surface area contributed by atoms with Gasteiger partial charge in [0.1, 0.15) is 0 Å². The molecule has 184 valence electrons. The van der Waals surface area contributed by atoms with E-state index < -0.39 is 5.91 Å². The summed E-state index contributed by atoms with van der Waals surface area (Å²) in [6.07, 6.45) is 8.92. The fraction of sp³-hybridized carbons (Fsp3) is 0.200. The molecule has 1 aromatic heterocycles. The van der Waals surface area contributed by atoms with Crippen molar-refractivity contribution in [2.45, 2.75) is 33.6 Å². The molecular weight excluding hydrogens is 444 g/mol. The number of pyridine rings is 1. The molecule has 10 nitrogen and oxygen atoms in total. The lowest BCUT2D eigenvalue weighted by Crippen LogP contribution is -2.21. The van der Waals surface area contributed by atoms with Crippen LogP contribution in [0, 0.1) is 16.2 Å². The summed E-state index contributed by atoms with van der Waals surface area (Å²) in [4.78, 5) is 20.3. The minimum absolute atomic E-state index is 0.211. The van der Waals surface area contributed by atoms with E-state index in [0.717, 1.165) is 12.4 Å². The Morgan fingerprint density at radius 3 is 2.40 bits per heavy atom. The lowest BCUT2D eigenvalue weighted by molar-refractivity contribution is -0.112. The van der Waals surface area contributed by atoms with E-state index >= 15 is 0 Å². The Bertz CT molecular complexity index is 1120. The van der Waals surface area contributed by atoms with Crippen LogP contribution in [0.1, 0.15) is 44.9 Å². The van der Waals surface area contributed by atoms with Gasteiger partial charge in [-0.1, -0.05) is 38.8 Å². The third kappa shape index (κ3) is 9.42. The number of allylic oxidation sites excluding steroid dienone is 2. The van der Waals surface area contributed by atoms with Crippen molar-refractivity contribution in [3.05, 3.63) is 71.7 Å². The number of rotatable bonds is 8. The average molecular weight is 477 g/mol. The van der Waals surface area contributed by atoms with Crippen molar-refractivity contribution in [2.24, 2.45) is 16.5 Å². The second-order valence-electron chi connectivity index (χ2n) is 6.97. The van der Waals surface area contributed by atoms with Crippen molar-refractivity contribution < 1.29 is 9.53 Å². The van der Waals surface area contributed by atoms with Crippen LogP contribution in [0.4, 0.5) is 11.4 Å². The van der Waals surface area contributed by atoms with E-state index in [-0.39, 0.29) is 17.5 Å². The van der Waals surface area contributed by atoms with Crippen molar-refractivity contribution in [3.8, 4) is 0 Å². The van der Waals surface area contributed by atoms with E-state index in [1.807, 2.05) is 0 Å². The Morgan fingerprint density at radius 1 is 1.17 bits per heavy atom. The van der Waals surface area contributed by atoms with Crippen LogP contribution in [0.15, 0.2) is 65.4 Å². The van der Waals surface area contributed by atoms with E-state index in [0.29, 0.717) is 28.2 Å². The molecule has 35 heavy (non-hydrogen) atoms. The van der Waals surface area contributed by atoms with Gasteiger partial charge in [0.15, 0.2) is 0 Å². The SMILES string of the molecule is C/C=C(\C=N)C(=O)Nc1cccc(C(=N)OC(N)=Nc2ccc(/C(C=N)=C/N)nc2)c1.CCCC. The van der Waals surface area contributed by atoms with Crippen LogP contribution in [-0.2, 0) is 9.53 Å². The smallest absolute Gasteiger partial charge is 0.294 e. The summed E-state index contributed by atoms with van der Waals surface area (Å²) in [6.45, 7) is 6.02. The van der Waals surface area contributed by atoms with E-state index in [1.54, 1.807) is 43.3 Å². The summed E-state index contributed by atoms with van der Waals surface area (Å²) in [5, 5.41) is 25.2. The van der Waals surface area contributed by atoms with Gasteiger partial charge in [-0.3, -0.25) is 15.2 Å². The van der Waals surface area contributed by atoms with Gasteiger partial charge in [0, 0.05) is 35.5 Å². The number of amides is 1. The number of nitrogens with one attached hydrogen (secondary N) is 4. The molecule has 8 N–H and O–H groups in total. The molecule has 10 heteroatoms. The molecule has 0 saturated heterocycles. The Kier molecular flexibility index (Phi) is 12.4. The highest BCUT2D eigenvalue weighted by molar-refractivity contribution is 6.17. The fourth-order valence-corrected chi connectivity index (χ4v) is 2.37. The Hall–Kier alpha value is -4.60. The summed E-state index contributed by atoms with van der Waals surface area (Å²) in [5.74, 6) is -0.702. The maximum absolute atomic E-state index is 12.1. The molecule has 1 amide bonds. The number of hydrogen-bond donors (Lipinski definition) is 6. The summed E-state index contributed by atoms with van der Waals surface area (Å²) in [7, 11) is 0. The highest BCUT2D eigenvalue weighted by atomic mass is 16.5. The molecule has 0 aliphatic rings. The molecule has 0 fully saturated rings. The second-order valence-corrected chi connectivity index (χ2v) is 6.97.